The van der Waals surface area contributed by atoms with Crippen LogP contribution >= 0.6 is 0 Å². The maximum atomic E-state index is 13.5. The highest BCUT2D eigenvalue weighted by atomic mass is 32.2. The topological polar surface area (TPSA) is 55.4 Å². The molecule has 0 saturated carbocycles. The second kappa shape index (κ2) is 5.92. The first-order valence-electron chi connectivity index (χ1n) is 6.03. The highest BCUT2D eigenvalue weighted by Crippen LogP contribution is 2.22. The lowest BCUT2D eigenvalue weighted by Gasteiger charge is -2.10. The number of nitrogens with one attached hydrogen (secondary N) is 1. The molecule has 0 amide bonds. The normalized spacial score (nSPS) is 11.1. The van der Waals surface area contributed by atoms with Crippen LogP contribution in [-0.4, -0.2) is 15.0 Å². The van der Waals surface area contributed by atoms with Crippen LogP contribution in [0.25, 0.3) is 0 Å². The fraction of sp³-hybridized carbons (Fsp3) is 0.143. The number of sulfonamides is 1. The predicted molar refractivity (Wildman–Crippen MR) is 74.8 cm³/mol. The summed E-state index contributed by atoms with van der Waals surface area (Å²) in [4.78, 5) is -0.387. The molecule has 0 heterocycles. The standard InChI is InChI=1S/C14H14FNO3S/c1-2-19-12-7-5-6-11(10-12)16-20(17,18)14-9-4-3-8-13(14)15/h3-10,16H,2H2,1H3. The van der Waals surface area contributed by atoms with Gasteiger partial charge in [-0.1, -0.05) is 18.2 Å². The summed E-state index contributed by atoms with van der Waals surface area (Å²) in [5.41, 5.74) is 0.319. The Balaban J connectivity index is 2.29. The van der Waals surface area contributed by atoms with Gasteiger partial charge in [0.05, 0.1) is 12.3 Å². The highest BCUT2D eigenvalue weighted by Gasteiger charge is 2.18. The van der Waals surface area contributed by atoms with Crippen molar-refractivity contribution < 1.29 is 17.5 Å². The molecule has 0 aromatic heterocycles. The monoisotopic (exact) mass is 295 g/mol. The van der Waals surface area contributed by atoms with Crippen molar-refractivity contribution >= 4 is 15.7 Å². The summed E-state index contributed by atoms with van der Waals surface area (Å²) in [5.74, 6) is -0.248. The van der Waals surface area contributed by atoms with Crippen molar-refractivity contribution in [2.24, 2.45) is 0 Å². The highest BCUT2D eigenvalue weighted by molar-refractivity contribution is 7.92. The van der Waals surface area contributed by atoms with E-state index in [1.165, 1.54) is 18.2 Å². The van der Waals surface area contributed by atoms with E-state index in [0.29, 0.717) is 18.0 Å². The van der Waals surface area contributed by atoms with E-state index >= 15 is 0 Å². The van der Waals surface area contributed by atoms with Crippen LogP contribution in [0.15, 0.2) is 53.4 Å². The van der Waals surface area contributed by atoms with Crippen molar-refractivity contribution in [2.75, 3.05) is 11.3 Å². The van der Waals surface area contributed by atoms with Crippen molar-refractivity contribution in [1.82, 2.24) is 0 Å². The molecular weight excluding hydrogens is 281 g/mol. The van der Waals surface area contributed by atoms with Crippen LogP contribution in [0.5, 0.6) is 5.75 Å². The van der Waals surface area contributed by atoms with E-state index in [-0.39, 0.29) is 4.90 Å². The van der Waals surface area contributed by atoms with E-state index in [1.54, 1.807) is 24.3 Å². The SMILES string of the molecule is CCOc1cccc(NS(=O)(=O)c2ccccc2F)c1. The van der Waals surface area contributed by atoms with E-state index in [9.17, 15) is 12.8 Å². The van der Waals surface area contributed by atoms with E-state index in [0.717, 1.165) is 6.07 Å². The Morgan fingerprint density at radius 2 is 1.90 bits per heavy atom. The van der Waals surface area contributed by atoms with E-state index in [4.69, 9.17) is 4.74 Å². The molecule has 2 aromatic carbocycles. The quantitative estimate of drug-likeness (QED) is 0.922. The molecule has 0 spiro atoms. The van der Waals surface area contributed by atoms with Gasteiger partial charge in [0.1, 0.15) is 16.5 Å². The molecule has 0 aliphatic carbocycles. The van der Waals surface area contributed by atoms with Gasteiger partial charge in [0, 0.05) is 6.07 Å². The van der Waals surface area contributed by atoms with Gasteiger partial charge in [0.15, 0.2) is 0 Å². The zero-order chi connectivity index (χ0) is 14.6. The third-order valence-electron chi connectivity index (χ3n) is 2.52. The van der Waals surface area contributed by atoms with Crippen LogP contribution in [0.1, 0.15) is 6.92 Å². The molecule has 106 valence electrons. The first-order chi connectivity index (χ1) is 9.53. The van der Waals surface area contributed by atoms with E-state index in [1.807, 2.05) is 6.92 Å². The lowest BCUT2D eigenvalue weighted by atomic mass is 10.3. The molecule has 0 aliphatic rings. The fourth-order valence-corrected chi connectivity index (χ4v) is 2.82. The Kier molecular flexibility index (Phi) is 4.24. The largest absolute Gasteiger partial charge is 0.494 e. The molecule has 0 fully saturated rings. The molecule has 0 unspecified atom stereocenters. The summed E-state index contributed by atoms with van der Waals surface area (Å²) in [7, 11) is -3.96. The molecule has 1 N–H and O–H groups in total. The lowest BCUT2D eigenvalue weighted by Crippen LogP contribution is -2.14. The first kappa shape index (κ1) is 14.3. The summed E-state index contributed by atoms with van der Waals surface area (Å²) in [6.07, 6.45) is 0. The van der Waals surface area contributed by atoms with Gasteiger partial charge >= 0.3 is 0 Å². The van der Waals surface area contributed by atoms with Crippen LogP contribution in [0, 0.1) is 5.82 Å². The number of halogens is 1. The van der Waals surface area contributed by atoms with Crippen molar-refractivity contribution in [1.29, 1.82) is 0 Å². The minimum Gasteiger partial charge on any atom is -0.494 e. The Hall–Kier alpha value is -2.08. The number of benzene rings is 2. The molecule has 2 aromatic rings. The molecule has 4 nitrogen and oxygen atoms in total. The van der Waals surface area contributed by atoms with Gasteiger partial charge in [-0.2, -0.15) is 0 Å². The van der Waals surface area contributed by atoms with Crippen LogP contribution in [0.3, 0.4) is 0 Å². The van der Waals surface area contributed by atoms with Crippen LogP contribution in [-0.2, 0) is 10.0 Å². The zero-order valence-electron chi connectivity index (χ0n) is 10.8. The van der Waals surface area contributed by atoms with Gasteiger partial charge < -0.3 is 4.74 Å². The molecule has 0 atom stereocenters. The number of anilines is 1. The lowest BCUT2D eigenvalue weighted by molar-refractivity contribution is 0.340. The molecule has 0 radical (unpaired) electrons. The number of rotatable bonds is 5. The molecule has 0 aliphatic heterocycles. The van der Waals surface area contributed by atoms with Crippen molar-refractivity contribution in [3.05, 3.63) is 54.3 Å². The van der Waals surface area contributed by atoms with Gasteiger partial charge in [-0.25, -0.2) is 12.8 Å². The Labute approximate surface area is 117 Å². The first-order valence-corrected chi connectivity index (χ1v) is 7.51. The minimum atomic E-state index is -3.96. The summed E-state index contributed by atoms with van der Waals surface area (Å²) in [6.45, 7) is 2.31. The van der Waals surface area contributed by atoms with Gasteiger partial charge in [0.2, 0.25) is 0 Å². The fourth-order valence-electron chi connectivity index (χ4n) is 1.69. The third kappa shape index (κ3) is 3.27. The molecule has 20 heavy (non-hydrogen) atoms. The van der Waals surface area contributed by atoms with Gasteiger partial charge in [-0.15, -0.1) is 0 Å². The van der Waals surface area contributed by atoms with Gasteiger partial charge in [0.25, 0.3) is 10.0 Å². The summed E-state index contributed by atoms with van der Waals surface area (Å²) >= 11 is 0. The molecule has 0 bridgehead atoms. The Morgan fingerprint density at radius 1 is 1.15 bits per heavy atom. The number of hydrogen-bond donors (Lipinski definition) is 1. The third-order valence-corrected chi connectivity index (χ3v) is 3.94. The van der Waals surface area contributed by atoms with Crippen molar-refractivity contribution in [3.8, 4) is 5.75 Å². The van der Waals surface area contributed by atoms with Crippen LogP contribution in [0.2, 0.25) is 0 Å². The molecule has 0 saturated heterocycles. The van der Waals surface area contributed by atoms with Crippen molar-refractivity contribution in [2.45, 2.75) is 11.8 Å². The average Bonchev–Trinajstić information content (AvgIpc) is 2.39. The molecule has 2 rings (SSSR count). The minimum absolute atomic E-state index is 0.319. The van der Waals surface area contributed by atoms with E-state index < -0.39 is 15.8 Å². The predicted octanol–water partition coefficient (Wildman–Crippen LogP) is 3.03. The van der Waals surface area contributed by atoms with E-state index in [2.05, 4.69) is 4.72 Å². The number of ether oxygens (including phenoxy) is 1. The van der Waals surface area contributed by atoms with Crippen molar-refractivity contribution in [3.63, 3.8) is 0 Å². The van der Waals surface area contributed by atoms with Gasteiger partial charge in [-0.05, 0) is 31.2 Å². The zero-order valence-corrected chi connectivity index (χ0v) is 11.7. The maximum Gasteiger partial charge on any atom is 0.264 e. The molecule has 6 heteroatoms. The Bertz CT molecular complexity index is 701. The van der Waals surface area contributed by atoms with Gasteiger partial charge in [-0.3, -0.25) is 4.72 Å². The second-order valence-corrected chi connectivity index (χ2v) is 5.65. The summed E-state index contributed by atoms with van der Waals surface area (Å²) < 4.78 is 45.4. The smallest absolute Gasteiger partial charge is 0.264 e. The average molecular weight is 295 g/mol. The van der Waals surface area contributed by atoms with Crippen LogP contribution < -0.4 is 9.46 Å². The Morgan fingerprint density at radius 3 is 2.60 bits per heavy atom. The summed E-state index contributed by atoms with van der Waals surface area (Å²) in [6, 6.07) is 11.7. The number of hydrogen-bond acceptors (Lipinski definition) is 3. The molecular formula is C14H14FNO3S. The van der Waals surface area contributed by atoms with Crippen LogP contribution in [0.4, 0.5) is 10.1 Å². The maximum absolute atomic E-state index is 13.5. The summed E-state index contributed by atoms with van der Waals surface area (Å²) in [5, 5.41) is 0. The second-order valence-electron chi connectivity index (χ2n) is 4.00.